The van der Waals surface area contributed by atoms with Gasteiger partial charge in [-0.2, -0.15) is 0 Å². The van der Waals surface area contributed by atoms with E-state index in [-0.39, 0.29) is 0 Å². The highest BCUT2D eigenvalue weighted by Gasteiger charge is 2.13. The molecule has 0 radical (unpaired) electrons. The summed E-state index contributed by atoms with van der Waals surface area (Å²) in [5, 5.41) is 7.30. The van der Waals surface area contributed by atoms with Crippen molar-refractivity contribution in [2.75, 3.05) is 12.4 Å². The van der Waals surface area contributed by atoms with E-state index in [1.165, 1.54) is 22.7 Å². The van der Waals surface area contributed by atoms with Gasteiger partial charge in [-0.05, 0) is 24.3 Å². The standard InChI is InChI=1S/C20H13N3O3S2/c1-25-12-6-7-17-14(9-12)21-20(28-17)23-19-22-15(10-27-19)13-8-11-4-2-3-5-16(11)26-18(13)24/h2-10H,1H3,(H,21,22,23). The minimum atomic E-state index is -0.400. The number of ether oxygens (including phenoxy) is 1. The number of para-hydroxylation sites is 1. The van der Waals surface area contributed by atoms with Crippen LogP contribution in [0.15, 0.2) is 63.1 Å². The third-order valence-corrected chi connectivity index (χ3v) is 5.94. The Kier molecular flexibility index (Phi) is 4.07. The predicted molar refractivity (Wildman–Crippen MR) is 113 cm³/mol. The molecule has 6 nitrogen and oxygen atoms in total. The number of thiazole rings is 2. The van der Waals surface area contributed by atoms with Gasteiger partial charge in [0.1, 0.15) is 11.3 Å². The van der Waals surface area contributed by atoms with E-state index in [0.717, 1.165) is 26.5 Å². The third-order valence-electron chi connectivity index (χ3n) is 4.23. The van der Waals surface area contributed by atoms with E-state index in [4.69, 9.17) is 9.15 Å². The van der Waals surface area contributed by atoms with E-state index in [1.54, 1.807) is 13.2 Å². The van der Waals surface area contributed by atoms with Crippen LogP contribution in [0.3, 0.4) is 0 Å². The minimum Gasteiger partial charge on any atom is -0.497 e. The molecule has 0 saturated carbocycles. The molecule has 5 rings (SSSR count). The molecular formula is C20H13N3O3S2. The molecular weight excluding hydrogens is 394 g/mol. The van der Waals surface area contributed by atoms with Crippen molar-refractivity contribution in [1.82, 2.24) is 9.97 Å². The summed E-state index contributed by atoms with van der Waals surface area (Å²) in [6.07, 6.45) is 0. The number of hydrogen-bond acceptors (Lipinski definition) is 8. The number of anilines is 2. The second kappa shape index (κ2) is 6.74. The van der Waals surface area contributed by atoms with Crippen LogP contribution in [0.25, 0.3) is 32.4 Å². The van der Waals surface area contributed by atoms with Crippen molar-refractivity contribution in [1.29, 1.82) is 0 Å². The molecule has 0 fully saturated rings. The van der Waals surface area contributed by atoms with E-state index in [9.17, 15) is 4.79 Å². The summed E-state index contributed by atoms with van der Waals surface area (Å²) in [6, 6.07) is 15.0. The van der Waals surface area contributed by atoms with Gasteiger partial charge in [-0.3, -0.25) is 0 Å². The van der Waals surface area contributed by atoms with Gasteiger partial charge in [0.25, 0.3) is 0 Å². The van der Waals surface area contributed by atoms with Gasteiger partial charge >= 0.3 is 5.63 Å². The SMILES string of the molecule is COc1ccc2sc(Nc3nc(-c4cc5ccccc5oc4=O)cs3)nc2c1. The van der Waals surface area contributed by atoms with Crippen LogP contribution < -0.4 is 15.7 Å². The number of nitrogens with one attached hydrogen (secondary N) is 1. The molecule has 0 saturated heterocycles. The normalized spacial score (nSPS) is 11.2. The topological polar surface area (TPSA) is 77.2 Å². The molecule has 5 aromatic rings. The Balaban J connectivity index is 1.47. The third kappa shape index (κ3) is 3.02. The smallest absolute Gasteiger partial charge is 0.345 e. The molecule has 3 aromatic heterocycles. The van der Waals surface area contributed by atoms with E-state index >= 15 is 0 Å². The van der Waals surface area contributed by atoms with E-state index in [2.05, 4.69) is 15.3 Å². The predicted octanol–water partition coefficient (Wildman–Crippen LogP) is 5.28. The van der Waals surface area contributed by atoms with E-state index in [1.807, 2.05) is 47.8 Å². The van der Waals surface area contributed by atoms with Gasteiger partial charge in [0, 0.05) is 16.8 Å². The van der Waals surface area contributed by atoms with Gasteiger partial charge < -0.3 is 14.5 Å². The minimum absolute atomic E-state index is 0.400. The average Bonchev–Trinajstić information content (AvgIpc) is 3.33. The average molecular weight is 407 g/mol. The summed E-state index contributed by atoms with van der Waals surface area (Å²) in [6.45, 7) is 0. The quantitative estimate of drug-likeness (QED) is 0.409. The molecule has 138 valence electrons. The zero-order valence-corrected chi connectivity index (χ0v) is 16.3. The van der Waals surface area contributed by atoms with Crippen LogP contribution in [0.5, 0.6) is 5.75 Å². The highest BCUT2D eigenvalue weighted by molar-refractivity contribution is 7.22. The van der Waals surface area contributed by atoms with Gasteiger partial charge in [-0.15, -0.1) is 11.3 Å². The summed E-state index contributed by atoms with van der Waals surface area (Å²) in [5.74, 6) is 0.768. The van der Waals surface area contributed by atoms with Crippen molar-refractivity contribution in [2.45, 2.75) is 0 Å². The van der Waals surface area contributed by atoms with Gasteiger partial charge in [0.05, 0.1) is 28.6 Å². The summed E-state index contributed by atoms with van der Waals surface area (Å²) < 4.78 is 11.7. The lowest BCUT2D eigenvalue weighted by Crippen LogP contribution is -2.02. The first-order valence-corrected chi connectivity index (χ1v) is 10.1. The Labute approximate surface area is 167 Å². The van der Waals surface area contributed by atoms with Gasteiger partial charge in [-0.25, -0.2) is 14.8 Å². The molecule has 0 aliphatic heterocycles. The zero-order chi connectivity index (χ0) is 19.1. The van der Waals surface area contributed by atoms with Crippen LogP contribution in [-0.2, 0) is 0 Å². The molecule has 0 aliphatic rings. The summed E-state index contributed by atoms with van der Waals surface area (Å²) >= 11 is 2.94. The molecule has 2 aromatic carbocycles. The van der Waals surface area contributed by atoms with Crippen LogP contribution in [0.2, 0.25) is 0 Å². The van der Waals surface area contributed by atoms with Crippen molar-refractivity contribution >= 4 is 54.1 Å². The highest BCUT2D eigenvalue weighted by atomic mass is 32.1. The molecule has 0 spiro atoms. The maximum Gasteiger partial charge on any atom is 0.345 e. The lowest BCUT2D eigenvalue weighted by atomic mass is 10.1. The second-order valence-electron chi connectivity index (χ2n) is 6.00. The van der Waals surface area contributed by atoms with Crippen molar-refractivity contribution < 1.29 is 9.15 Å². The van der Waals surface area contributed by atoms with E-state index in [0.29, 0.717) is 22.0 Å². The summed E-state index contributed by atoms with van der Waals surface area (Å²) in [4.78, 5) is 21.4. The molecule has 0 amide bonds. The Bertz CT molecular complexity index is 1370. The lowest BCUT2D eigenvalue weighted by Gasteiger charge is -1.99. The van der Waals surface area contributed by atoms with Crippen molar-refractivity contribution in [3.8, 4) is 17.0 Å². The van der Waals surface area contributed by atoms with Crippen LogP contribution in [0, 0.1) is 0 Å². The van der Waals surface area contributed by atoms with Crippen molar-refractivity contribution in [2.24, 2.45) is 0 Å². The van der Waals surface area contributed by atoms with Crippen LogP contribution in [0.4, 0.5) is 10.3 Å². The van der Waals surface area contributed by atoms with Crippen molar-refractivity contribution in [3.05, 3.63) is 64.3 Å². The van der Waals surface area contributed by atoms with Crippen LogP contribution >= 0.6 is 22.7 Å². The fourth-order valence-corrected chi connectivity index (χ4v) is 4.49. The Morgan fingerprint density at radius 2 is 1.96 bits per heavy atom. The molecule has 28 heavy (non-hydrogen) atoms. The molecule has 0 bridgehead atoms. The number of rotatable bonds is 4. The molecule has 8 heteroatoms. The first-order chi connectivity index (χ1) is 13.7. The van der Waals surface area contributed by atoms with Crippen LogP contribution in [-0.4, -0.2) is 17.1 Å². The number of fused-ring (bicyclic) bond motifs is 2. The largest absolute Gasteiger partial charge is 0.497 e. The molecule has 0 aliphatic carbocycles. The first kappa shape index (κ1) is 16.9. The number of aromatic nitrogens is 2. The first-order valence-electron chi connectivity index (χ1n) is 8.40. The number of methoxy groups -OCH3 is 1. The molecule has 0 atom stereocenters. The van der Waals surface area contributed by atoms with Crippen molar-refractivity contribution in [3.63, 3.8) is 0 Å². The Hall–Kier alpha value is -3.23. The van der Waals surface area contributed by atoms with Gasteiger partial charge in [0.2, 0.25) is 0 Å². The molecule has 3 heterocycles. The fourth-order valence-electron chi connectivity index (χ4n) is 2.87. The molecule has 1 N–H and O–H groups in total. The zero-order valence-electron chi connectivity index (χ0n) is 14.6. The summed E-state index contributed by atoms with van der Waals surface area (Å²) in [5.41, 5.74) is 2.04. The van der Waals surface area contributed by atoms with E-state index < -0.39 is 5.63 Å². The van der Waals surface area contributed by atoms with Gasteiger partial charge in [0.15, 0.2) is 10.3 Å². The number of hydrogen-bond donors (Lipinski definition) is 1. The second-order valence-corrected chi connectivity index (χ2v) is 7.89. The Morgan fingerprint density at radius 1 is 1.07 bits per heavy atom. The number of benzene rings is 2. The fraction of sp³-hybridized carbons (Fsp3) is 0.0500. The van der Waals surface area contributed by atoms with Crippen LogP contribution in [0.1, 0.15) is 0 Å². The maximum absolute atomic E-state index is 12.3. The summed E-state index contributed by atoms with van der Waals surface area (Å²) in [7, 11) is 1.63. The lowest BCUT2D eigenvalue weighted by molar-refractivity contribution is 0.415. The van der Waals surface area contributed by atoms with Gasteiger partial charge in [-0.1, -0.05) is 29.5 Å². The molecule has 0 unspecified atom stereocenters. The number of nitrogens with zero attached hydrogens (tertiary/aromatic N) is 2. The monoisotopic (exact) mass is 407 g/mol. The Morgan fingerprint density at radius 3 is 2.86 bits per heavy atom. The maximum atomic E-state index is 12.3. The highest BCUT2D eigenvalue weighted by Crippen LogP contribution is 2.32.